The fourth-order valence-electron chi connectivity index (χ4n) is 3.06. The molecule has 13 nitrogen and oxygen atoms in total. The van der Waals surface area contributed by atoms with Crippen molar-refractivity contribution in [1.82, 2.24) is 9.80 Å². The Morgan fingerprint density at radius 3 is 1.62 bits per heavy atom. The second-order valence-electron chi connectivity index (χ2n) is 8.16. The summed E-state index contributed by atoms with van der Waals surface area (Å²) in [5.41, 5.74) is 0.821. The summed E-state index contributed by atoms with van der Waals surface area (Å²) in [6.07, 6.45) is -7.01. The average molecular weight is 862 g/mol. The Morgan fingerprint density at radius 2 is 1.22 bits per heavy atom. The minimum atomic E-state index is -1.84. The van der Waals surface area contributed by atoms with Crippen molar-refractivity contribution in [3.8, 4) is 0 Å². The van der Waals surface area contributed by atoms with Gasteiger partial charge in [-0.1, -0.05) is 0 Å². The molecule has 0 saturated heterocycles. The number of halogens is 3. The molecule has 0 unspecified atom stereocenters. The number of hydrogen-bond acceptors (Lipinski definition) is 9. The number of rotatable bonds is 11. The predicted octanol–water partition coefficient (Wildman–Crippen LogP) is -0.616. The van der Waals surface area contributed by atoms with Crippen molar-refractivity contribution in [2.24, 2.45) is 0 Å². The van der Waals surface area contributed by atoms with Crippen molar-refractivity contribution >= 4 is 103 Å². The molecule has 0 saturated carbocycles. The fourth-order valence-corrected chi connectivity index (χ4v) is 7.23. The lowest BCUT2D eigenvalue weighted by Gasteiger charge is -2.29. The highest BCUT2D eigenvalue weighted by Crippen LogP contribution is 2.39. The van der Waals surface area contributed by atoms with Crippen molar-refractivity contribution in [3.63, 3.8) is 0 Å². The number of benzene rings is 1. The number of aliphatic hydroxyl groups is 5. The van der Waals surface area contributed by atoms with Crippen molar-refractivity contribution < 1.29 is 44.7 Å². The van der Waals surface area contributed by atoms with Gasteiger partial charge >= 0.3 is 0 Å². The summed E-state index contributed by atoms with van der Waals surface area (Å²) in [5.74, 6) is -1.95. The third-order valence-electron chi connectivity index (χ3n) is 5.06. The molecule has 0 spiro atoms. The van der Waals surface area contributed by atoms with Gasteiger partial charge in [0.1, 0.15) is 24.4 Å². The number of anilines is 2. The van der Waals surface area contributed by atoms with Crippen molar-refractivity contribution in [1.29, 1.82) is 0 Å². The molecule has 1 aromatic carbocycles. The molecular formula is C21H29I3N4O9. The van der Waals surface area contributed by atoms with Crippen LogP contribution in [-0.2, 0) is 14.4 Å². The predicted molar refractivity (Wildman–Crippen MR) is 159 cm³/mol. The van der Waals surface area contributed by atoms with Gasteiger partial charge < -0.3 is 46.0 Å². The van der Waals surface area contributed by atoms with E-state index in [1.165, 1.54) is 27.9 Å². The van der Waals surface area contributed by atoms with Crippen LogP contribution in [0.15, 0.2) is 0 Å². The lowest BCUT2D eigenvalue weighted by atomic mass is 10.0. The first-order chi connectivity index (χ1) is 17.0. The molecular weight excluding hydrogens is 833 g/mol. The quantitative estimate of drug-likeness (QED) is 0.142. The molecule has 4 amide bonds. The van der Waals surface area contributed by atoms with E-state index < -0.39 is 55.9 Å². The van der Waals surface area contributed by atoms with Crippen LogP contribution in [0.25, 0.3) is 0 Å². The molecule has 4 atom stereocenters. The standard InChI is InChI=1S/C21H29I3N4O9/c1-8(30)25-17-14(22)13(15(23)18(16(17)24)26-9(2)31)21(37)28(4)6-12(34)27(3)5-10(32)19(35)20(36)11(33)7-29/h10-11,19-20,29,32-33,35-36H,5-7H2,1-4H3,(H,25,30)(H,26,31)/t10-,11+,19+,20+/m0/s1. The Morgan fingerprint density at radius 1 is 0.784 bits per heavy atom. The largest absolute Gasteiger partial charge is 0.394 e. The van der Waals surface area contributed by atoms with Crippen LogP contribution < -0.4 is 10.6 Å². The molecule has 208 valence electrons. The zero-order valence-corrected chi connectivity index (χ0v) is 26.8. The first-order valence-corrected chi connectivity index (χ1v) is 13.9. The Labute approximate surface area is 254 Å². The molecule has 7 N–H and O–H groups in total. The van der Waals surface area contributed by atoms with Gasteiger partial charge in [0.2, 0.25) is 17.7 Å². The van der Waals surface area contributed by atoms with Crippen LogP contribution in [-0.4, -0.2) is 117 Å². The van der Waals surface area contributed by atoms with E-state index in [1.54, 1.807) is 0 Å². The first-order valence-electron chi connectivity index (χ1n) is 10.6. The monoisotopic (exact) mass is 862 g/mol. The van der Waals surface area contributed by atoms with Gasteiger partial charge in [-0.2, -0.15) is 0 Å². The minimum Gasteiger partial charge on any atom is -0.394 e. The molecule has 37 heavy (non-hydrogen) atoms. The second-order valence-corrected chi connectivity index (χ2v) is 11.4. The zero-order valence-electron chi connectivity index (χ0n) is 20.3. The summed E-state index contributed by atoms with van der Waals surface area (Å²) in [6, 6.07) is 0. The van der Waals surface area contributed by atoms with E-state index in [4.69, 9.17) is 5.11 Å². The summed E-state index contributed by atoms with van der Waals surface area (Å²) in [5, 5.41) is 53.5. The number of aliphatic hydroxyl groups excluding tert-OH is 5. The number of nitrogens with zero attached hydrogens (tertiary/aromatic N) is 2. The highest BCUT2D eigenvalue weighted by molar-refractivity contribution is 14.1. The second kappa shape index (κ2) is 15.0. The lowest BCUT2D eigenvalue weighted by Crippen LogP contribution is -2.51. The van der Waals surface area contributed by atoms with Gasteiger partial charge in [-0.25, -0.2) is 0 Å². The SMILES string of the molecule is CC(=O)Nc1c(I)c(NC(C)=O)c(I)c(C(=O)N(C)CC(=O)N(C)C[C@H](O)[C@@H](O)[C@H](O)[C@H](O)CO)c1I. The third kappa shape index (κ3) is 9.07. The van der Waals surface area contributed by atoms with Crippen LogP contribution in [0.3, 0.4) is 0 Å². The number of carbonyl (C=O) groups excluding carboxylic acids is 4. The topological polar surface area (TPSA) is 200 Å². The van der Waals surface area contributed by atoms with Crippen LogP contribution in [0.4, 0.5) is 11.4 Å². The van der Waals surface area contributed by atoms with Gasteiger partial charge in [0.05, 0.1) is 40.8 Å². The summed E-state index contributed by atoms with van der Waals surface area (Å²) < 4.78 is 1.33. The number of likely N-dealkylation sites (N-methyl/N-ethyl adjacent to an activating group) is 2. The van der Waals surface area contributed by atoms with Gasteiger partial charge in [0, 0.05) is 34.5 Å². The molecule has 0 heterocycles. The molecule has 0 bridgehead atoms. The maximum atomic E-state index is 13.4. The minimum absolute atomic E-state index is 0.156. The normalized spacial score (nSPS) is 14.3. The van der Waals surface area contributed by atoms with Crippen LogP contribution in [0.2, 0.25) is 0 Å². The Hall–Kier alpha value is -0.910. The van der Waals surface area contributed by atoms with Gasteiger partial charge in [-0.15, -0.1) is 0 Å². The van der Waals surface area contributed by atoms with Gasteiger partial charge in [0.25, 0.3) is 5.91 Å². The van der Waals surface area contributed by atoms with Gasteiger partial charge in [-0.05, 0) is 67.8 Å². The lowest BCUT2D eigenvalue weighted by molar-refractivity contribution is -0.138. The van der Waals surface area contributed by atoms with Crippen LogP contribution in [0.5, 0.6) is 0 Å². The van der Waals surface area contributed by atoms with E-state index in [0.717, 1.165) is 9.80 Å². The van der Waals surface area contributed by atoms with E-state index in [-0.39, 0.29) is 17.4 Å². The van der Waals surface area contributed by atoms with Gasteiger partial charge in [0.15, 0.2) is 0 Å². The Balaban J connectivity index is 3.17. The molecule has 0 aliphatic carbocycles. The molecule has 0 aliphatic heterocycles. The number of nitrogens with one attached hydrogen (secondary N) is 2. The zero-order chi connectivity index (χ0) is 28.8. The smallest absolute Gasteiger partial charge is 0.256 e. The van der Waals surface area contributed by atoms with Gasteiger partial charge in [-0.3, -0.25) is 19.2 Å². The van der Waals surface area contributed by atoms with E-state index in [9.17, 15) is 39.6 Å². The molecule has 16 heteroatoms. The van der Waals surface area contributed by atoms with Crippen LogP contribution in [0.1, 0.15) is 24.2 Å². The number of carbonyl (C=O) groups is 4. The first kappa shape index (κ1) is 34.1. The molecule has 0 aromatic heterocycles. The summed E-state index contributed by atoms with van der Waals surface area (Å²) >= 11 is 5.77. The molecule has 0 radical (unpaired) electrons. The number of amides is 4. The summed E-state index contributed by atoms with van der Waals surface area (Å²) in [7, 11) is 2.69. The van der Waals surface area contributed by atoms with E-state index >= 15 is 0 Å². The van der Waals surface area contributed by atoms with E-state index in [1.807, 2.05) is 67.8 Å². The molecule has 1 rings (SSSR count). The fraction of sp³-hybridized carbons (Fsp3) is 0.524. The average Bonchev–Trinajstić information content (AvgIpc) is 2.82. The third-order valence-corrected chi connectivity index (χ3v) is 8.30. The summed E-state index contributed by atoms with van der Waals surface area (Å²) in [4.78, 5) is 51.8. The van der Waals surface area contributed by atoms with Crippen molar-refractivity contribution in [3.05, 3.63) is 16.3 Å². The number of hydrogen-bond donors (Lipinski definition) is 7. The van der Waals surface area contributed by atoms with Crippen molar-refractivity contribution in [2.75, 3.05) is 44.4 Å². The van der Waals surface area contributed by atoms with E-state index in [0.29, 0.717) is 22.1 Å². The molecule has 1 aromatic rings. The molecule has 0 aliphatic rings. The summed E-state index contributed by atoms with van der Waals surface area (Å²) in [6.45, 7) is 0.909. The highest BCUT2D eigenvalue weighted by atomic mass is 127. The maximum absolute atomic E-state index is 13.4. The molecule has 0 fully saturated rings. The van der Waals surface area contributed by atoms with Crippen LogP contribution in [0, 0.1) is 10.7 Å². The maximum Gasteiger partial charge on any atom is 0.256 e. The Kier molecular flexibility index (Phi) is 13.9. The highest BCUT2D eigenvalue weighted by Gasteiger charge is 2.32. The Bertz CT molecular complexity index is 1000. The van der Waals surface area contributed by atoms with E-state index in [2.05, 4.69) is 10.6 Å². The van der Waals surface area contributed by atoms with Crippen molar-refractivity contribution in [2.45, 2.75) is 38.3 Å². The van der Waals surface area contributed by atoms with Crippen LogP contribution >= 0.6 is 67.8 Å².